The minimum atomic E-state index is -0.200. The van der Waals surface area contributed by atoms with Gasteiger partial charge in [-0.15, -0.1) is 0 Å². The van der Waals surface area contributed by atoms with Crippen LogP contribution in [0.3, 0.4) is 0 Å². The Morgan fingerprint density at radius 3 is 2.13 bits per heavy atom. The standard InChI is InChI=1S/C13H21NO/c1-11(15)3-4-12-5-7-13(8-6-12)9-10-14-2/h5-8,11,14-15H,3-4,9-10H2,1-2H3. The fraction of sp³-hybridized carbons (Fsp3) is 0.538. The van der Waals surface area contributed by atoms with Crippen LogP contribution in [0.2, 0.25) is 0 Å². The third kappa shape index (κ3) is 4.96. The molecule has 0 spiro atoms. The monoisotopic (exact) mass is 207 g/mol. The molecule has 0 aromatic heterocycles. The Morgan fingerprint density at radius 2 is 1.67 bits per heavy atom. The summed E-state index contributed by atoms with van der Waals surface area (Å²) in [6, 6.07) is 8.67. The van der Waals surface area contributed by atoms with Crippen LogP contribution in [0.25, 0.3) is 0 Å². The molecular weight excluding hydrogens is 186 g/mol. The SMILES string of the molecule is CNCCc1ccc(CCC(C)O)cc1. The molecule has 2 heteroatoms. The molecule has 0 radical (unpaired) electrons. The molecule has 2 N–H and O–H groups in total. The summed E-state index contributed by atoms with van der Waals surface area (Å²) >= 11 is 0. The first-order chi connectivity index (χ1) is 7.22. The number of aliphatic hydroxyl groups excluding tert-OH is 1. The summed E-state index contributed by atoms with van der Waals surface area (Å²) in [7, 11) is 1.97. The van der Waals surface area contributed by atoms with E-state index in [0.29, 0.717) is 0 Å². The summed E-state index contributed by atoms with van der Waals surface area (Å²) in [5.74, 6) is 0. The highest BCUT2D eigenvalue weighted by molar-refractivity contribution is 5.22. The Morgan fingerprint density at radius 1 is 1.13 bits per heavy atom. The number of hydrogen-bond acceptors (Lipinski definition) is 2. The summed E-state index contributed by atoms with van der Waals surface area (Å²) in [6.07, 6.45) is 2.68. The Labute approximate surface area is 92.3 Å². The van der Waals surface area contributed by atoms with Crippen LogP contribution in [0, 0.1) is 0 Å². The molecule has 1 aromatic carbocycles. The Balaban J connectivity index is 2.41. The van der Waals surface area contributed by atoms with Crippen molar-refractivity contribution in [1.82, 2.24) is 5.32 Å². The van der Waals surface area contributed by atoms with Crippen LogP contribution >= 0.6 is 0 Å². The van der Waals surface area contributed by atoms with Crippen molar-refractivity contribution in [2.24, 2.45) is 0 Å². The van der Waals surface area contributed by atoms with Gasteiger partial charge in [-0.3, -0.25) is 0 Å². The molecule has 0 bridgehead atoms. The summed E-state index contributed by atoms with van der Waals surface area (Å²) in [5.41, 5.74) is 2.68. The van der Waals surface area contributed by atoms with Gasteiger partial charge >= 0.3 is 0 Å². The first-order valence-electron chi connectivity index (χ1n) is 5.63. The van der Waals surface area contributed by atoms with E-state index in [4.69, 9.17) is 0 Å². The minimum absolute atomic E-state index is 0.200. The van der Waals surface area contributed by atoms with Gasteiger partial charge in [-0.25, -0.2) is 0 Å². The van der Waals surface area contributed by atoms with Crippen molar-refractivity contribution in [3.63, 3.8) is 0 Å². The van der Waals surface area contributed by atoms with Crippen molar-refractivity contribution in [3.05, 3.63) is 35.4 Å². The number of aryl methyl sites for hydroxylation is 1. The van der Waals surface area contributed by atoms with Crippen LogP contribution in [-0.2, 0) is 12.8 Å². The van der Waals surface area contributed by atoms with Gasteiger partial charge in [0.15, 0.2) is 0 Å². The van der Waals surface area contributed by atoms with Gasteiger partial charge in [0.2, 0.25) is 0 Å². The number of rotatable bonds is 6. The first kappa shape index (κ1) is 12.2. The first-order valence-corrected chi connectivity index (χ1v) is 5.63. The second-order valence-corrected chi connectivity index (χ2v) is 4.06. The summed E-state index contributed by atoms with van der Waals surface area (Å²) in [5, 5.41) is 12.3. The zero-order valence-corrected chi connectivity index (χ0v) is 9.66. The van der Waals surface area contributed by atoms with Crippen molar-refractivity contribution in [1.29, 1.82) is 0 Å². The maximum Gasteiger partial charge on any atom is 0.0515 e. The molecule has 1 rings (SSSR count). The Hall–Kier alpha value is -0.860. The largest absolute Gasteiger partial charge is 0.393 e. The average molecular weight is 207 g/mol. The minimum Gasteiger partial charge on any atom is -0.393 e. The second-order valence-electron chi connectivity index (χ2n) is 4.06. The van der Waals surface area contributed by atoms with E-state index >= 15 is 0 Å². The molecule has 0 amide bonds. The molecule has 15 heavy (non-hydrogen) atoms. The van der Waals surface area contributed by atoms with E-state index in [9.17, 15) is 5.11 Å². The lowest BCUT2D eigenvalue weighted by Crippen LogP contribution is -2.10. The average Bonchev–Trinajstić information content (AvgIpc) is 2.25. The molecule has 2 nitrogen and oxygen atoms in total. The van der Waals surface area contributed by atoms with Gasteiger partial charge in [0.1, 0.15) is 0 Å². The molecular formula is C13H21NO. The lowest BCUT2D eigenvalue weighted by Gasteiger charge is -2.05. The molecule has 0 saturated heterocycles. The maximum absolute atomic E-state index is 9.18. The third-order valence-electron chi connectivity index (χ3n) is 2.54. The summed E-state index contributed by atoms with van der Waals surface area (Å²) in [4.78, 5) is 0. The third-order valence-corrected chi connectivity index (χ3v) is 2.54. The fourth-order valence-corrected chi connectivity index (χ4v) is 1.52. The molecule has 0 aliphatic heterocycles. The molecule has 84 valence electrons. The lowest BCUT2D eigenvalue weighted by molar-refractivity contribution is 0.185. The second kappa shape index (κ2) is 6.59. The zero-order chi connectivity index (χ0) is 11.1. The van der Waals surface area contributed by atoms with E-state index in [1.807, 2.05) is 14.0 Å². The van der Waals surface area contributed by atoms with Gasteiger partial charge in [0, 0.05) is 0 Å². The van der Waals surface area contributed by atoms with Gasteiger partial charge in [-0.05, 0) is 50.9 Å². The highest BCUT2D eigenvalue weighted by atomic mass is 16.3. The van der Waals surface area contributed by atoms with Crippen molar-refractivity contribution in [2.75, 3.05) is 13.6 Å². The molecule has 1 unspecified atom stereocenters. The van der Waals surface area contributed by atoms with Crippen molar-refractivity contribution in [3.8, 4) is 0 Å². The highest BCUT2D eigenvalue weighted by Crippen LogP contribution is 2.08. The van der Waals surface area contributed by atoms with Crippen LogP contribution in [0.4, 0.5) is 0 Å². The molecule has 0 aliphatic rings. The van der Waals surface area contributed by atoms with E-state index in [0.717, 1.165) is 25.8 Å². The van der Waals surface area contributed by atoms with Gasteiger partial charge in [0.25, 0.3) is 0 Å². The normalized spacial score (nSPS) is 12.7. The van der Waals surface area contributed by atoms with Gasteiger partial charge in [-0.2, -0.15) is 0 Å². The van der Waals surface area contributed by atoms with Crippen LogP contribution in [0.1, 0.15) is 24.5 Å². The summed E-state index contributed by atoms with van der Waals surface area (Å²) < 4.78 is 0. The lowest BCUT2D eigenvalue weighted by atomic mass is 10.0. The van der Waals surface area contributed by atoms with Crippen molar-refractivity contribution in [2.45, 2.75) is 32.3 Å². The Kier molecular flexibility index (Phi) is 5.37. The van der Waals surface area contributed by atoms with Gasteiger partial charge < -0.3 is 10.4 Å². The van der Waals surface area contributed by atoms with E-state index in [1.165, 1.54) is 11.1 Å². The fourth-order valence-electron chi connectivity index (χ4n) is 1.52. The molecule has 0 heterocycles. The quantitative estimate of drug-likeness (QED) is 0.745. The van der Waals surface area contributed by atoms with Gasteiger partial charge in [-0.1, -0.05) is 24.3 Å². The van der Waals surface area contributed by atoms with Crippen LogP contribution < -0.4 is 5.32 Å². The molecule has 1 aromatic rings. The van der Waals surface area contributed by atoms with E-state index < -0.39 is 0 Å². The number of nitrogens with one attached hydrogen (secondary N) is 1. The smallest absolute Gasteiger partial charge is 0.0515 e. The Bertz CT molecular complexity index is 266. The van der Waals surface area contributed by atoms with E-state index in [-0.39, 0.29) is 6.10 Å². The maximum atomic E-state index is 9.18. The number of benzene rings is 1. The molecule has 1 atom stereocenters. The topological polar surface area (TPSA) is 32.3 Å². The molecule has 0 aliphatic carbocycles. The zero-order valence-electron chi connectivity index (χ0n) is 9.66. The molecule has 0 fully saturated rings. The van der Waals surface area contributed by atoms with Crippen molar-refractivity contribution >= 4 is 0 Å². The summed E-state index contributed by atoms with van der Waals surface area (Å²) in [6.45, 7) is 2.86. The van der Waals surface area contributed by atoms with Crippen LogP contribution in [0.15, 0.2) is 24.3 Å². The van der Waals surface area contributed by atoms with Crippen molar-refractivity contribution < 1.29 is 5.11 Å². The predicted octanol–water partition coefficient (Wildman–Crippen LogP) is 1.76. The van der Waals surface area contributed by atoms with Crippen LogP contribution in [-0.4, -0.2) is 24.8 Å². The highest BCUT2D eigenvalue weighted by Gasteiger charge is 1.98. The van der Waals surface area contributed by atoms with Gasteiger partial charge in [0.05, 0.1) is 6.10 Å². The number of likely N-dealkylation sites (N-methyl/N-ethyl adjacent to an activating group) is 1. The van der Waals surface area contributed by atoms with E-state index in [2.05, 4.69) is 29.6 Å². The number of aliphatic hydroxyl groups is 1. The predicted molar refractivity (Wildman–Crippen MR) is 64.1 cm³/mol. The van der Waals surface area contributed by atoms with Crippen LogP contribution in [0.5, 0.6) is 0 Å². The molecule has 0 saturated carbocycles. The number of hydrogen-bond donors (Lipinski definition) is 2. The van der Waals surface area contributed by atoms with E-state index in [1.54, 1.807) is 0 Å².